The van der Waals surface area contributed by atoms with Gasteiger partial charge in [-0.1, -0.05) is 6.92 Å². The van der Waals surface area contributed by atoms with E-state index in [1.807, 2.05) is 0 Å². The van der Waals surface area contributed by atoms with E-state index in [9.17, 15) is 4.79 Å². The van der Waals surface area contributed by atoms with Gasteiger partial charge in [-0.2, -0.15) is 0 Å². The smallest absolute Gasteiger partial charge is 0.226 e. The molecule has 6 heteroatoms. The van der Waals surface area contributed by atoms with Crippen LogP contribution in [0.1, 0.15) is 26.2 Å². The van der Waals surface area contributed by atoms with Crippen LogP contribution in [0.25, 0.3) is 0 Å². The highest BCUT2D eigenvalue weighted by atomic mass is 35.5. The molecule has 4 nitrogen and oxygen atoms in total. The predicted octanol–water partition coefficient (Wildman–Crippen LogP) is 1.38. The van der Waals surface area contributed by atoms with Crippen molar-refractivity contribution < 1.29 is 4.79 Å². The second kappa shape index (κ2) is 7.30. The van der Waals surface area contributed by atoms with Gasteiger partial charge in [-0.25, -0.2) is 0 Å². The highest BCUT2D eigenvalue weighted by Crippen LogP contribution is 2.59. The molecule has 1 amide bonds. The Balaban J connectivity index is 0.000001000. The van der Waals surface area contributed by atoms with E-state index in [-0.39, 0.29) is 24.8 Å². The van der Waals surface area contributed by atoms with E-state index < -0.39 is 0 Å². The molecular weight excluding hydrogens is 297 g/mol. The van der Waals surface area contributed by atoms with Gasteiger partial charge in [0.15, 0.2) is 0 Å². The topological polar surface area (TPSA) is 35.6 Å². The van der Waals surface area contributed by atoms with Crippen molar-refractivity contribution in [3.8, 4) is 0 Å². The highest BCUT2D eigenvalue weighted by Gasteiger charge is 2.58. The SMILES string of the molecule is CCN1CCN(C(=O)C2CC23CCNCC3)CC1.Cl.Cl. The lowest BCUT2D eigenvalue weighted by Gasteiger charge is -2.35. The summed E-state index contributed by atoms with van der Waals surface area (Å²) in [5.41, 5.74) is 0.393. The van der Waals surface area contributed by atoms with Crippen molar-refractivity contribution in [2.24, 2.45) is 11.3 Å². The summed E-state index contributed by atoms with van der Waals surface area (Å²) in [5.74, 6) is 0.806. The molecular formula is C14H27Cl2N3O. The molecule has 1 atom stereocenters. The second-order valence-electron chi connectivity index (χ2n) is 6.13. The minimum atomic E-state index is 0. The summed E-state index contributed by atoms with van der Waals surface area (Å²) in [4.78, 5) is 17.1. The molecule has 1 aliphatic carbocycles. The molecule has 1 spiro atoms. The van der Waals surface area contributed by atoms with Crippen molar-refractivity contribution in [1.29, 1.82) is 0 Å². The van der Waals surface area contributed by atoms with Crippen LogP contribution >= 0.6 is 24.8 Å². The number of rotatable bonds is 2. The van der Waals surface area contributed by atoms with Crippen LogP contribution < -0.4 is 5.32 Å². The average molecular weight is 324 g/mol. The van der Waals surface area contributed by atoms with Gasteiger partial charge in [-0.05, 0) is 44.3 Å². The summed E-state index contributed by atoms with van der Waals surface area (Å²) in [6.45, 7) is 9.52. The molecule has 0 aromatic carbocycles. The van der Waals surface area contributed by atoms with Crippen LogP contribution in [0, 0.1) is 11.3 Å². The monoisotopic (exact) mass is 323 g/mol. The Kier molecular flexibility index (Phi) is 6.58. The maximum absolute atomic E-state index is 12.5. The van der Waals surface area contributed by atoms with E-state index in [1.54, 1.807) is 0 Å². The maximum atomic E-state index is 12.5. The lowest BCUT2D eigenvalue weighted by molar-refractivity contribution is -0.135. The molecule has 2 aliphatic heterocycles. The summed E-state index contributed by atoms with van der Waals surface area (Å²) in [6.07, 6.45) is 3.57. The summed E-state index contributed by atoms with van der Waals surface area (Å²) < 4.78 is 0. The number of halogens is 2. The van der Waals surface area contributed by atoms with E-state index in [4.69, 9.17) is 0 Å². The molecule has 1 N–H and O–H groups in total. The molecule has 0 radical (unpaired) electrons. The van der Waals surface area contributed by atoms with Gasteiger partial charge in [0.1, 0.15) is 0 Å². The summed E-state index contributed by atoms with van der Waals surface area (Å²) >= 11 is 0. The summed E-state index contributed by atoms with van der Waals surface area (Å²) in [6, 6.07) is 0. The number of hydrogen-bond acceptors (Lipinski definition) is 3. The van der Waals surface area contributed by atoms with Crippen molar-refractivity contribution >= 4 is 30.7 Å². The van der Waals surface area contributed by atoms with E-state index in [1.165, 1.54) is 12.8 Å². The number of piperidine rings is 1. The molecule has 2 saturated heterocycles. The van der Waals surface area contributed by atoms with E-state index >= 15 is 0 Å². The number of nitrogens with one attached hydrogen (secondary N) is 1. The molecule has 20 heavy (non-hydrogen) atoms. The first-order chi connectivity index (χ1) is 8.75. The molecule has 3 rings (SSSR count). The molecule has 2 heterocycles. The molecule has 0 aromatic heterocycles. The zero-order chi connectivity index (χ0) is 12.6. The number of likely N-dealkylation sites (N-methyl/N-ethyl adjacent to an activating group) is 1. The van der Waals surface area contributed by atoms with Gasteiger partial charge >= 0.3 is 0 Å². The van der Waals surface area contributed by atoms with Gasteiger partial charge in [0.25, 0.3) is 0 Å². The molecule has 3 fully saturated rings. The number of nitrogens with zero attached hydrogens (tertiary/aromatic N) is 2. The van der Waals surface area contributed by atoms with Crippen LogP contribution in [0.4, 0.5) is 0 Å². The van der Waals surface area contributed by atoms with Gasteiger partial charge in [0.2, 0.25) is 5.91 Å². The van der Waals surface area contributed by atoms with Gasteiger partial charge in [0, 0.05) is 32.1 Å². The number of carbonyl (C=O) groups is 1. The van der Waals surface area contributed by atoms with Gasteiger partial charge < -0.3 is 15.1 Å². The third-order valence-corrected chi connectivity index (χ3v) is 5.22. The highest BCUT2D eigenvalue weighted by molar-refractivity contribution is 5.85. The molecule has 0 bridgehead atoms. The largest absolute Gasteiger partial charge is 0.340 e. The van der Waals surface area contributed by atoms with Crippen molar-refractivity contribution in [2.45, 2.75) is 26.2 Å². The van der Waals surface area contributed by atoms with Crippen molar-refractivity contribution in [1.82, 2.24) is 15.1 Å². The van der Waals surface area contributed by atoms with Crippen LogP contribution in [0.15, 0.2) is 0 Å². The summed E-state index contributed by atoms with van der Waals surface area (Å²) in [5, 5.41) is 3.40. The third-order valence-electron chi connectivity index (χ3n) is 5.22. The maximum Gasteiger partial charge on any atom is 0.226 e. The van der Waals surface area contributed by atoms with Crippen LogP contribution in [0.2, 0.25) is 0 Å². The Morgan fingerprint density at radius 1 is 1.15 bits per heavy atom. The first-order valence-corrected chi connectivity index (χ1v) is 7.47. The summed E-state index contributed by atoms with van der Waals surface area (Å²) in [7, 11) is 0. The fourth-order valence-electron chi connectivity index (χ4n) is 3.68. The predicted molar refractivity (Wildman–Crippen MR) is 85.8 cm³/mol. The zero-order valence-electron chi connectivity index (χ0n) is 12.3. The average Bonchev–Trinajstić information content (AvgIpc) is 3.12. The van der Waals surface area contributed by atoms with Crippen molar-refractivity contribution in [3.05, 3.63) is 0 Å². The second-order valence-corrected chi connectivity index (χ2v) is 6.13. The van der Waals surface area contributed by atoms with Gasteiger partial charge in [-0.3, -0.25) is 4.79 Å². The van der Waals surface area contributed by atoms with Crippen LogP contribution in [-0.4, -0.2) is 61.5 Å². The minimum absolute atomic E-state index is 0. The quantitative estimate of drug-likeness (QED) is 0.834. The minimum Gasteiger partial charge on any atom is -0.340 e. The van der Waals surface area contributed by atoms with Crippen molar-refractivity contribution in [3.63, 3.8) is 0 Å². The fourth-order valence-corrected chi connectivity index (χ4v) is 3.68. The van der Waals surface area contributed by atoms with Gasteiger partial charge in [0.05, 0.1) is 0 Å². The third kappa shape index (κ3) is 3.41. The molecule has 3 aliphatic rings. The van der Waals surface area contributed by atoms with Crippen LogP contribution in [0.5, 0.6) is 0 Å². The number of amides is 1. The number of piperazine rings is 1. The molecule has 0 aromatic rings. The molecule has 1 saturated carbocycles. The Morgan fingerprint density at radius 3 is 2.30 bits per heavy atom. The molecule has 1 unspecified atom stereocenters. The lowest BCUT2D eigenvalue weighted by Crippen LogP contribution is -2.49. The van der Waals surface area contributed by atoms with Gasteiger partial charge in [-0.15, -0.1) is 24.8 Å². The fraction of sp³-hybridized carbons (Fsp3) is 0.929. The normalized spacial score (nSPS) is 28.4. The number of hydrogen-bond donors (Lipinski definition) is 1. The van der Waals surface area contributed by atoms with E-state index in [0.29, 0.717) is 17.2 Å². The Bertz CT molecular complexity index is 326. The first-order valence-electron chi connectivity index (χ1n) is 7.47. The van der Waals surface area contributed by atoms with Crippen LogP contribution in [-0.2, 0) is 4.79 Å². The first kappa shape index (κ1) is 18.0. The molecule has 118 valence electrons. The Morgan fingerprint density at radius 2 is 1.75 bits per heavy atom. The number of carbonyl (C=O) groups excluding carboxylic acids is 1. The Hall–Kier alpha value is -0.0300. The van der Waals surface area contributed by atoms with E-state index in [0.717, 1.165) is 52.2 Å². The van der Waals surface area contributed by atoms with E-state index in [2.05, 4.69) is 22.0 Å². The van der Waals surface area contributed by atoms with Crippen molar-refractivity contribution in [2.75, 3.05) is 45.8 Å². The standard InChI is InChI=1S/C14H25N3O.2ClH/c1-2-16-7-9-17(10-8-16)13(18)12-11-14(12)3-5-15-6-4-14;;/h12,15H,2-11H2,1H3;2*1H. The lowest BCUT2D eigenvalue weighted by atomic mass is 9.91. The zero-order valence-corrected chi connectivity index (χ0v) is 13.9. The Labute approximate surface area is 134 Å². The van der Waals surface area contributed by atoms with Crippen LogP contribution in [0.3, 0.4) is 0 Å².